The molecule has 1 fully saturated rings. The lowest BCUT2D eigenvalue weighted by molar-refractivity contribution is 0.0380. The van der Waals surface area contributed by atoms with Crippen LogP contribution in [0.25, 0.3) is 0 Å². The van der Waals surface area contributed by atoms with Crippen LogP contribution in [-0.2, 0) is 18.7 Å². The van der Waals surface area contributed by atoms with Crippen LogP contribution >= 0.6 is 0 Å². The van der Waals surface area contributed by atoms with E-state index in [-0.39, 0.29) is 10.8 Å². The second-order valence-electron chi connectivity index (χ2n) is 6.91. The molecule has 0 spiro atoms. The Labute approximate surface area is 124 Å². The maximum atomic E-state index is 12.1. The van der Waals surface area contributed by atoms with E-state index in [0.29, 0.717) is 6.42 Å². The summed E-state index contributed by atoms with van der Waals surface area (Å²) < 4.78 is 35.0. The second kappa shape index (κ2) is 6.87. The van der Waals surface area contributed by atoms with Gasteiger partial charge in [0.25, 0.3) is 10.1 Å². The van der Waals surface area contributed by atoms with E-state index in [1.54, 1.807) is 0 Å². The highest BCUT2D eigenvalue weighted by atomic mass is 32.2. The molecule has 1 heterocycles. The third kappa shape index (κ3) is 5.81. The highest BCUT2D eigenvalue weighted by Gasteiger charge is 2.41. The number of morpholine rings is 1. The van der Waals surface area contributed by atoms with Gasteiger partial charge < -0.3 is 8.61 Å². The van der Waals surface area contributed by atoms with Gasteiger partial charge in [-0.3, -0.25) is 4.90 Å². The second-order valence-corrected chi connectivity index (χ2v) is 13.6. The maximum absolute atomic E-state index is 12.1. The zero-order valence-corrected chi connectivity index (χ0v) is 15.3. The minimum absolute atomic E-state index is 0.0930. The van der Waals surface area contributed by atoms with Crippen molar-refractivity contribution >= 4 is 18.4 Å². The normalized spacial score (nSPS) is 19.2. The van der Waals surface area contributed by atoms with Gasteiger partial charge in [0.05, 0.1) is 19.0 Å². The Morgan fingerprint density at radius 3 is 2.25 bits per heavy atom. The molecule has 1 rings (SSSR count). The van der Waals surface area contributed by atoms with E-state index in [4.69, 9.17) is 8.61 Å². The van der Waals surface area contributed by atoms with Crippen molar-refractivity contribution in [3.8, 4) is 0 Å². The van der Waals surface area contributed by atoms with Crippen molar-refractivity contribution in [2.45, 2.75) is 45.3 Å². The van der Waals surface area contributed by atoms with Gasteiger partial charge in [-0.05, 0) is 31.1 Å². The molecule has 1 aliphatic rings. The lowest BCUT2D eigenvalue weighted by Crippen LogP contribution is -2.43. The summed E-state index contributed by atoms with van der Waals surface area (Å²) in [5, 5.41) is -0.0930. The van der Waals surface area contributed by atoms with Crippen molar-refractivity contribution in [3.05, 3.63) is 0 Å². The first-order valence-corrected chi connectivity index (χ1v) is 11.8. The first-order chi connectivity index (χ1) is 9.04. The average Bonchev–Trinajstić information content (AvgIpc) is 2.27. The highest BCUT2D eigenvalue weighted by Crippen LogP contribution is 2.37. The minimum Gasteiger partial charge on any atom is -0.379 e. The van der Waals surface area contributed by atoms with E-state index in [0.717, 1.165) is 32.8 Å². The van der Waals surface area contributed by atoms with Crippen LogP contribution in [0.2, 0.25) is 18.1 Å². The molecule has 20 heavy (non-hydrogen) atoms. The number of ether oxygens (including phenoxy) is 1. The van der Waals surface area contributed by atoms with Gasteiger partial charge in [-0.2, -0.15) is 0 Å². The molecule has 5 nitrogen and oxygen atoms in total. The van der Waals surface area contributed by atoms with Crippen molar-refractivity contribution in [2.24, 2.45) is 0 Å². The highest BCUT2D eigenvalue weighted by molar-refractivity contribution is 7.87. The van der Waals surface area contributed by atoms with Crippen molar-refractivity contribution < 1.29 is 17.0 Å². The molecule has 0 amide bonds. The monoisotopic (exact) mass is 323 g/mol. The Morgan fingerprint density at radius 1 is 1.20 bits per heavy atom. The average molecular weight is 324 g/mol. The van der Waals surface area contributed by atoms with E-state index in [1.165, 1.54) is 0 Å². The number of nitrogens with zero attached hydrogens (tertiary/aromatic N) is 1. The molecular formula is C13H29NO4SSi. The summed E-state index contributed by atoms with van der Waals surface area (Å²) in [7, 11) is -5.67. The van der Waals surface area contributed by atoms with Gasteiger partial charge in [0.2, 0.25) is 8.32 Å². The smallest absolute Gasteiger partial charge is 0.257 e. The fourth-order valence-electron chi connectivity index (χ4n) is 1.77. The van der Waals surface area contributed by atoms with Crippen LogP contribution < -0.4 is 0 Å². The molecule has 0 bridgehead atoms. The van der Waals surface area contributed by atoms with E-state index in [1.807, 2.05) is 33.9 Å². The van der Waals surface area contributed by atoms with Crippen LogP contribution in [-0.4, -0.2) is 60.2 Å². The fourth-order valence-corrected chi connectivity index (χ4v) is 6.13. The zero-order chi connectivity index (χ0) is 15.4. The summed E-state index contributed by atoms with van der Waals surface area (Å²) in [6, 6.07) is 0. The van der Waals surface area contributed by atoms with Gasteiger partial charge in [-0.25, -0.2) is 8.42 Å². The molecule has 7 heteroatoms. The fraction of sp³-hybridized carbons (Fsp3) is 1.00. The van der Waals surface area contributed by atoms with Crippen LogP contribution in [0.1, 0.15) is 27.2 Å². The summed E-state index contributed by atoms with van der Waals surface area (Å²) in [5.74, 6) is 0.108. The molecule has 0 aliphatic carbocycles. The summed E-state index contributed by atoms with van der Waals surface area (Å²) in [6.07, 6.45) is 0.622. The van der Waals surface area contributed by atoms with Crippen LogP contribution in [0.5, 0.6) is 0 Å². The first kappa shape index (κ1) is 18.1. The molecule has 0 aromatic carbocycles. The van der Waals surface area contributed by atoms with Gasteiger partial charge in [0, 0.05) is 13.1 Å². The standard InChI is InChI=1S/C13H29NO4SSi/c1-13(2,3)20(4,5)18-19(15,16)12-6-7-14-8-10-17-11-9-14/h6-12H2,1-5H3. The summed E-state index contributed by atoms with van der Waals surface area (Å²) in [4.78, 5) is 2.24. The first-order valence-electron chi connectivity index (χ1n) is 7.27. The third-order valence-corrected chi connectivity index (χ3v) is 11.2. The van der Waals surface area contributed by atoms with Gasteiger partial charge >= 0.3 is 0 Å². The quantitative estimate of drug-likeness (QED) is 0.700. The molecule has 120 valence electrons. The van der Waals surface area contributed by atoms with E-state index < -0.39 is 18.4 Å². The van der Waals surface area contributed by atoms with E-state index >= 15 is 0 Å². The topological polar surface area (TPSA) is 55.8 Å². The Hall–Kier alpha value is 0.0469. The molecule has 0 atom stereocenters. The molecule has 0 saturated carbocycles. The lowest BCUT2D eigenvalue weighted by Gasteiger charge is -2.35. The minimum atomic E-state index is -3.42. The molecule has 0 aromatic rings. The maximum Gasteiger partial charge on any atom is 0.257 e. The SMILES string of the molecule is CC(C)(C)[Si](C)(C)OS(=O)(=O)CCCN1CCOCC1. The summed E-state index contributed by atoms with van der Waals surface area (Å²) in [5.41, 5.74) is 0. The van der Waals surface area contributed by atoms with Gasteiger partial charge in [-0.1, -0.05) is 20.8 Å². The number of hydrogen-bond acceptors (Lipinski definition) is 5. The molecule has 0 N–H and O–H groups in total. The van der Waals surface area contributed by atoms with Gasteiger partial charge in [0.1, 0.15) is 0 Å². The Morgan fingerprint density at radius 2 is 1.75 bits per heavy atom. The predicted octanol–water partition coefficient (Wildman–Crippen LogP) is 2.06. The van der Waals surface area contributed by atoms with Crippen LogP contribution in [0.3, 0.4) is 0 Å². The molecule has 0 radical (unpaired) electrons. The van der Waals surface area contributed by atoms with Crippen molar-refractivity contribution in [1.82, 2.24) is 4.90 Å². The van der Waals surface area contributed by atoms with Crippen molar-refractivity contribution in [2.75, 3.05) is 38.6 Å². The summed E-state index contributed by atoms with van der Waals surface area (Å²) >= 11 is 0. The largest absolute Gasteiger partial charge is 0.379 e. The van der Waals surface area contributed by atoms with Crippen LogP contribution in [0, 0.1) is 0 Å². The number of rotatable bonds is 6. The molecular weight excluding hydrogens is 294 g/mol. The zero-order valence-electron chi connectivity index (χ0n) is 13.4. The Bertz CT molecular complexity index is 397. The number of hydrogen-bond donors (Lipinski definition) is 0. The predicted molar refractivity (Wildman–Crippen MR) is 83.9 cm³/mol. The molecule has 0 unspecified atom stereocenters. The Kier molecular flexibility index (Phi) is 6.22. The lowest BCUT2D eigenvalue weighted by atomic mass is 10.2. The molecule has 1 aliphatic heterocycles. The Balaban J connectivity index is 2.41. The third-order valence-electron chi connectivity index (χ3n) is 4.11. The van der Waals surface area contributed by atoms with Crippen LogP contribution in [0.4, 0.5) is 0 Å². The van der Waals surface area contributed by atoms with Gasteiger partial charge in [0.15, 0.2) is 0 Å². The molecule has 1 saturated heterocycles. The molecule has 0 aromatic heterocycles. The van der Waals surface area contributed by atoms with Crippen LogP contribution in [0.15, 0.2) is 0 Å². The van der Waals surface area contributed by atoms with E-state index in [2.05, 4.69) is 4.90 Å². The van der Waals surface area contributed by atoms with E-state index in [9.17, 15) is 8.42 Å². The van der Waals surface area contributed by atoms with Gasteiger partial charge in [-0.15, -0.1) is 0 Å². The summed E-state index contributed by atoms with van der Waals surface area (Å²) in [6.45, 7) is 14.1. The van der Waals surface area contributed by atoms with Crippen molar-refractivity contribution in [1.29, 1.82) is 0 Å². The van der Waals surface area contributed by atoms with Crippen molar-refractivity contribution in [3.63, 3.8) is 0 Å².